The summed E-state index contributed by atoms with van der Waals surface area (Å²) < 4.78 is 1.94. The SMILES string of the molecule is CC(CO)NC(=O)c1cnn(C(C)C)c1C1CC1. The monoisotopic (exact) mass is 251 g/mol. The van der Waals surface area contributed by atoms with Crippen molar-refractivity contribution < 1.29 is 9.90 Å². The average Bonchev–Trinajstić information content (AvgIpc) is 3.06. The van der Waals surface area contributed by atoms with Gasteiger partial charge in [-0.05, 0) is 33.6 Å². The van der Waals surface area contributed by atoms with Gasteiger partial charge in [0, 0.05) is 18.0 Å². The zero-order valence-electron chi connectivity index (χ0n) is 11.2. The smallest absolute Gasteiger partial charge is 0.255 e. The van der Waals surface area contributed by atoms with Crippen LogP contribution in [-0.4, -0.2) is 33.4 Å². The molecule has 1 fully saturated rings. The number of aliphatic hydroxyl groups is 1. The van der Waals surface area contributed by atoms with Crippen molar-refractivity contribution in [3.8, 4) is 0 Å². The van der Waals surface area contributed by atoms with Gasteiger partial charge in [0.15, 0.2) is 0 Å². The third-order valence-electron chi connectivity index (χ3n) is 3.18. The van der Waals surface area contributed by atoms with Crippen molar-refractivity contribution in [2.45, 2.75) is 51.6 Å². The molecule has 1 aromatic rings. The van der Waals surface area contributed by atoms with Crippen LogP contribution in [0.1, 0.15) is 61.6 Å². The van der Waals surface area contributed by atoms with E-state index in [4.69, 9.17) is 5.11 Å². The fourth-order valence-corrected chi connectivity index (χ4v) is 2.07. The van der Waals surface area contributed by atoms with Crippen molar-refractivity contribution in [2.75, 3.05) is 6.61 Å². The van der Waals surface area contributed by atoms with E-state index >= 15 is 0 Å². The van der Waals surface area contributed by atoms with E-state index in [0.717, 1.165) is 18.5 Å². The van der Waals surface area contributed by atoms with Crippen molar-refractivity contribution >= 4 is 5.91 Å². The van der Waals surface area contributed by atoms with Crippen molar-refractivity contribution in [3.05, 3.63) is 17.5 Å². The Morgan fingerprint density at radius 1 is 1.56 bits per heavy atom. The van der Waals surface area contributed by atoms with Crippen molar-refractivity contribution in [1.82, 2.24) is 15.1 Å². The Kier molecular flexibility index (Phi) is 3.71. The number of hydrogen-bond donors (Lipinski definition) is 2. The Morgan fingerprint density at radius 2 is 2.22 bits per heavy atom. The quantitative estimate of drug-likeness (QED) is 0.832. The first kappa shape index (κ1) is 13.1. The topological polar surface area (TPSA) is 67.2 Å². The number of aliphatic hydroxyl groups excluding tert-OH is 1. The zero-order chi connectivity index (χ0) is 13.3. The average molecular weight is 251 g/mol. The first-order chi connectivity index (χ1) is 8.54. The van der Waals surface area contributed by atoms with E-state index in [9.17, 15) is 4.79 Å². The number of nitrogens with one attached hydrogen (secondary N) is 1. The molecule has 100 valence electrons. The first-order valence-electron chi connectivity index (χ1n) is 6.53. The lowest BCUT2D eigenvalue weighted by Crippen LogP contribution is -2.35. The van der Waals surface area contributed by atoms with E-state index in [1.807, 2.05) is 4.68 Å². The van der Waals surface area contributed by atoms with Gasteiger partial charge in [0.05, 0.1) is 24.1 Å². The van der Waals surface area contributed by atoms with Gasteiger partial charge in [-0.1, -0.05) is 0 Å². The molecule has 2 rings (SSSR count). The van der Waals surface area contributed by atoms with Crippen LogP contribution in [0.25, 0.3) is 0 Å². The van der Waals surface area contributed by atoms with Gasteiger partial charge in [0.1, 0.15) is 0 Å². The molecular formula is C13H21N3O2. The minimum absolute atomic E-state index is 0.0528. The highest BCUT2D eigenvalue weighted by molar-refractivity contribution is 5.95. The summed E-state index contributed by atoms with van der Waals surface area (Å²) in [4.78, 5) is 12.1. The predicted octanol–water partition coefficient (Wildman–Crippen LogP) is 1.45. The molecule has 1 amide bonds. The molecule has 1 unspecified atom stereocenters. The van der Waals surface area contributed by atoms with Crippen LogP contribution in [-0.2, 0) is 0 Å². The van der Waals surface area contributed by atoms with Crippen LogP contribution in [0.15, 0.2) is 6.20 Å². The van der Waals surface area contributed by atoms with E-state index in [0.29, 0.717) is 11.5 Å². The molecule has 0 saturated heterocycles. The highest BCUT2D eigenvalue weighted by Gasteiger charge is 2.33. The molecule has 0 bridgehead atoms. The van der Waals surface area contributed by atoms with E-state index in [1.54, 1.807) is 13.1 Å². The number of carbonyl (C=O) groups excluding carboxylic acids is 1. The van der Waals surface area contributed by atoms with Crippen LogP contribution in [0.5, 0.6) is 0 Å². The summed E-state index contributed by atoms with van der Waals surface area (Å²) in [7, 11) is 0. The largest absolute Gasteiger partial charge is 0.394 e. The first-order valence-corrected chi connectivity index (χ1v) is 6.53. The molecule has 0 radical (unpaired) electrons. The lowest BCUT2D eigenvalue weighted by molar-refractivity contribution is 0.0921. The van der Waals surface area contributed by atoms with Crippen molar-refractivity contribution in [3.63, 3.8) is 0 Å². The zero-order valence-corrected chi connectivity index (χ0v) is 11.2. The lowest BCUT2D eigenvalue weighted by atomic mass is 10.1. The maximum absolute atomic E-state index is 12.1. The van der Waals surface area contributed by atoms with Crippen LogP contribution in [0.3, 0.4) is 0 Å². The molecule has 1 aromatic heterocycles. The van der Waals surface area contributed by atoms with Crippen molar-refractivity contribution in [1.29, 1.82) is 0 Å². The van der Waals surface area contributed by atoms with Crippen molar-refractivity contribution in [2.24, 2.45) is 0 Å². The molecule has 1 aliphatic carbocycles. The van der Waals surface area contributed by atoms with Crippen LogP contribution in [0, 0.1) is 0 Å². The van der Waals surface area contributed by atoms with Gasteiger partial charge in [-0.15, -0.1) is 0 Å². The standard InChI is InChI=1S/C13H21N3O2/c1-8(2)16-12(10-4-5-10)11(6-14-16)13(18)15-9(3)7-17/h6,8-10,17H,4-5,7H2,1-3H3,(H,15,18). The summed E-state index contributed by atoms with van der Waals surface area (Å²) in [6.07, 6.45) is 3.91. The van der Waals surface area contributed by atoms with Gasteiger partial charge in [0.2, 0.25) is 0 Å². The van der Waals surface area contributed by atoms with E-state index in [2.05, 4.69) is 24.3 Å². The van der Waals surface area contributed by atoms with Gasteiger partial charge >= 0.3 is 0 Å². The minimum Gasteiger partial charge on any atom is -0.394 e. The minimum atomic E-state index is -0.230. The molecule has 1 saturated carbocycles. The molecule has 1 atom stereocenters. The molecule has 18 heavy (non-hydrogen) atoms. The summed E-state index contributed by atoms with van der Waals surface area (Å²) in [5, 5.41) is 16.1. The van der Waals surface area contributed by atoms with Crippen LogP contribution >= 0.6 is 0 Å². The number of amides is 1. The second-order valence-corrected chi connectivity index (χ2v) is 5.31. The number of hydrogen-bond acceptors (Lipinski definition) is 3. The predicted molar refractivity (Wildman–Crippen MR) is 68.6 cm³/mol. The summed E-state index contributed by atoms with van der Waals surface area (Å²) in [6.45, 7) is 5.86. The Hall–Kier alpha value is -1.36. The summed E-state index contributed by atoms with van der Waals surface area (Å²) >= 11 is 0. The Morgan fingerprint density at radius 3 is 2.72 bits per heavy atom. The van der Waals surface area contributed by atoms with Crippen LogP contribution in [0.2, 0.25) is 0 Å². The Bertz CT molecular complexity index is 435. The van der Waals surface area contributed by atoms with E-state index < -0.39 is 0 Å². The fraction of sp³-hybridized carbons (Fsp3) is 0.692. The van der Waals surface area contributed by atoms with Gasteiger partial charge in [0.25, 0.3) is 5.91 Å². The van der Waals surface area contributed by atoms with Gasteiger partial charge < -0.3 is 10.4 Å². The highest BCUT2D eigenvalue weighted by atomic mass is 16.3. The van der Waals surface area contributed by atoms with Crippen LogP contribution in [0.4, 0.5) is 0 Å². The number of aromatic nitrogens is 2. The molecule has 0 aromatic carbocycles. The third kappa shape index (κ3) is 2.56. The second-order valence-electron chi connectivity index (χ2n) is 5.31. The molecule has 1 aliphatic rings. The molecule has 0 spiro atoms. The molecule has 2 N–H and O–H groups in total. The summed E-state index contributed by atoms with van der Waals surface area (Å²) in [5.41, 5.74) is 1.71. The maximum Gasteiger partial charge on any atom is 0.255 e. The van der Waals surface area contributed by atoms with Crippen LogP contribution < -0.4 is 5.32 Å². The lowest BCUT2D eigenvalue weighted by Gasteiger charge is -2.13. The number of nitrogens with zero attached hydrogens (tertiary/aromatic N) is 2. The summed E-state index contributed by atoms with van der Waals surface area (Å²) in [6, 6.07) is 0.0318. The molecule has 0 aliphatic heterocycles. The summed E-state index contributed by atoms with van der Waals surface area (Å²) in [5.74, 6) is 0.338. The molecule has 1 heterocycles. The second kappa shape index (κ2) is 5.10. The molecule has 5 nitrogen and oxygen atoms in total. The Labute approximate surface area is 107 Å². The molecule has 5 heteroatoms. The number of rotatable bonds is 5. The number of carbonyl (C=O) groups is 1. The highest BCUT2D eigenvalue weighted by Crippen LogP contribution is 2.42. The maximum atomic E-state index is 12.1. The van der Waals surface area contributed by atoms with Gasteiger partial charge in [-0.3, -0.25) is 9.48 Å². The normalized spacial score (nSPS) is 16.9. The van der Waals surface area contributed by atoms with Gasteiger partial charge in [-0.2, -0.15) is 5.10 Å². The fourth-order valence-electron chi connectivity index (χ4n) is 2.07. The van der Waals surface area contributed by atoms with Gasteiger partial charge in [-0.25, -0.2) is 0 Å². The Balaban J connectivity index is 2.24. The third-order valence-corrected chi connectivity index (χ3v) is 3.18. The van der Waals surface area contributed by atoms with E-state index in [1.165, 1.54) is 0 Å². The molecular weight excluding hydrogens is 230 g/mol. The van der Waals surface area contributed by atoms with E-state index in [-0.39, 0.29) is 24.6 Å².